The first-order chi connectivity index (χ1) is 12.7. The molecule has 0 N–H and O–H groups in total. The maximum Gasteiger partial charge on any atom is 0.233 e. The van der Waals surface area contributed by atoms with Crippen LogP contribution in [0.5, 0.6) is 5.75 Å². The van der Waals surface area contributed by atoms with E-state index in [-0.39, 0.29) is 6.04 Å². The molecule has 0 saturated carbocycles. The predicted octanol–water partition coefficient (Wildman–Crippen LogP) is 3.86. The fourth-order valence-corrected chi connectivity index (χ4v) is 3.42. The van der Waals surface area contributed by atoms with Gasteiger partial charge in [0.25, 0.3) is 0 Å². The van der Waals surface area contributed by atoms with E-state index in [1.165, 1.54) is 16.7 Å². The number of aryl methyl sites for hydroxylation is 2. The maximum atomic E-state index is 5.93. The average Bonchev–Trinajstić information content (AvgIpc) is 3.09. The molecule has 5 heteroatoms. The lowest BCUT2D eigenvalue weighted by molar-refractivity contribution is 0.121. The molecule has 0 fully saturated rings. The Bertz CT molecular complexity index is 873. The second kappa shape index (κ2) is 7.30. The second-order valence-corrected chi connectivity index (χ2v) is 6.78. The molecular formula is C21H23N3O2. The number of aromatic nitrogens is 2. The summed E-state index contributed by atoms with van der Waals surface area (Å²) in [7, 11) is 0. The highest BCUT2D eigenvalue weighted by Crippen LogP contribution is 2.32. The van der Waals surface area contributed by atoms with E-state index in [4.69, 9.17) is 9.15 Å². The van der Waals surface area contributed by atoms with Crippen LogP contribution in [-0.4, -0.2) is 28.2 Å². The molecule has 4 rings (SSSR count). The summed E-state index contributed by atoms with van der Waals surface area (Å²) in [5.41, 5.74) is 3.94. The van der Waals surface area contributed by atoms with Gasteiger partial charge in [-0.05, 0) is 36.6 Å². The van der Waals surface area contributed by atoms with E-state index in [1.807, 2.05) is 19.1 Å². The summed E-state index contributed by atoms with van der Waals surface area (Å²) in [5.74, 6) is 2.19. The van der Waals surface area contributed by atoms with Gasteiger partial charge < -0.3 is 9.15 Å². The summed E-state index contributed by atoms with van der Waals surface area (Å²) >= 11 is 0. The van der Waals surface area contributed by atoms with Gasteiger partial charge in [0, 0.05) is 20.0 Å². The van der Waals surface area contributed by atoms with Gasteiger partial charge in [-0.2, -0.15) is 0 Å². The Morgan fingerprint density at radius 3 is 2.54 bits per heavy atom. The van der Waals surface area contributed by atoms with Gasteiger partial charge in [0.2, 0.25) is 11.8 Å². The van der Waals surface area contributed by atoms with Gasteiger partial charge in [-0.1, -0.05) is 42.0 Å². The lowest BCUT2D eigenvalue weighted by Crippen LogP contribution is -2.37. The largest absolute Gasteiger partial charge is 0.492 e. The molecule has 1 aromatic heterocycles. The zero-order valence-electron chi connectivity index (χ0n) is 15.2. The molecule has 2 heterocycles. The Morgan fingerprint density at radius 2 is 1.81 bits per heavy atom. The zero-order chi connectivity index (χ0) is 17.9. The van der Waals surface area contributed by atoms with E-state index in [2.05, 4.69) is 58.4 Å². The lowest BCUT2D eigenvalue weighted by Gasteiger charge is -2.34. The normalized spacial score (nSPS) is 17.1. The fraction of sp³-hybridized carbons (Fsp3) is 0.333. The minimum atomic E-state index is 0.0905. The SMILES string of the molecule is Cc1ccc(OCCN2Cc3ccccc3C[C@H]2c2nnc(C)o2)cc1. The number of benzene rings is 2. The summed E-state index contributed by atoms with van der Waals surface area (Å²) in [6.45, 7) is 6.19. The first-order valence-electron chi connectivity index (χ1n) is 8.99. The van der Waals surface area contributed by atoms with Crippen molar-refractivity contribution < 1.29 is 9.15 Å². The van der Waals surface area contributed by atoms with Crippen molar-refractivity contribution >= 4 is 0 Å². The summed E-state index contributed by atoms with van der Waals surface area (Å²) in [5, 5.41) is 8.28. The minimum absolute atomic E-state index is 0.0905. The average molecular weight is 349 g/mol. The molecule has 1 aliphatic rings. The Kier molecular flexibility index (Phi) is 4.71. The smallest absolute Gasteiger partial charge is 0.233 e. The third kappa shape index (κ3) is 3.63. The number of nitrogens with zero attached hydrogens (tertiary/aromatic N) is 3. The van der Waals surface area contributed by atoms with Gasteiger partial charge in [-0.25, -0.2) is 0 Å². The van der Waals surface area contributed by atoms with Crippen LogP contribution in [0.15, 0.2) is 52.9 Å². The van der Waals surface area contributed by atoms with Gasteiger partial charge in [-0.15, -0.1) is 10.2 Å². The van der Waals surface area contributed by atoms with Crippen molar-refractivity contribution in [2.45, 2.75) is 32.9 Å². The van der Waals surface area contributed by atoms with Crippen LogP contribution in [0.3, 0.4) is 0 Å². The van der Waals surface area contributed by atoms with Crippen LogP contribution in [-0.2, 0) is 13.0 Å². The highest BCUT2D eigenvalue weighted by atomic mass is 16.5. The number of hydrogen-bond acceptors (Lipinski definition) is 5. The third-order valence-electron chi connectivity index (χ3n) is 4.84. The number of hydrogen-bond donors (Lipinski definition) is 0. The topological polar surface area (TPSA) is 51.4 Å². The van der Waals surface area contributed by atoms with Crippen molar-refractivity contribution in [2.75, 3.05) is 13.2 Å². The Balaban J connectivity index is 1.48. The molecule has 0 unspecified atom stereocenters. The Morgan fingerprint density at radius 1 is 1.04 bits per heavy atom. The van der Waals surface area contributed by atoms with E-state index in [9.17, 15) is 0 Å². The first kappa shape index (κ1) is 16.8. The van der Waals surface area contributed by atoms with Gasteiger partial charge in [0.1, 0.15) is 12.4 Å². The van der Waals surface area contributed by atoms with Crippen molar-refractivity contribution in [3.05, 3.63) is 77.0 Å². The van der Waals surface area contributed by atoms with Crippen LogP contribution >= 0.6 is 0 Å². The van der Waals surface area contributed by atoms with Crippen molar-refractivity contribution in [2.24, 2.45) is 0 Å². The van der Waals surface area contributed by atoms with Crippen LogP contribution in [0.4, 0.5) is 0 Å². The van der Waals surface area contributed by atoms with E-state index in [1.54, 1.807) is 0 Å². The number of ether oxygens (including phenoxy) is 1. The molecule has 0 aliphatic carbocycles. The monoisotopic (exact) mass is 349 g/mol. The molecule has 26 heavy (non-hydrogen) atoms. The van der Waals surface area contributed by atoms with Crippen molar-refractivity contribution in [1.29, 1.82) is 0 Å². The Labute approximate surface area is 153 Å². The van der Waals surface area contributed by atoms with Crippen LogP contribution in [0.2, 0.25) is 0 Å². The quantitative estimate of drug-likeness (QED) is 0.700. The second-order valence-electron chi connectivity index (χ2n) is 6.78. The van der Waals surface area contributed by atoms with E-state index >= 15 is 0 Å². The first-order valence-corrected chi connectivity index (χ1v) is 8.99. The third-order valence-corrected chi connectivity index (χ3v) is 4.84. The van der Waals surface area contributed by atoms with Crippen LogP contribution in [0, 0.1) is 13.8 Å². The van der Waals surface area contributed by atoms with Gasteiger partial charge in [0.05, 0.1) is 6.04 Å². The summed E-state index contributed by atoms with van der Waals surface area (Å²) < 4.78 is 11.7. The molecule has 134 valence electrons. The standard InChI is InChI=1S/C21H23N3O2/c1-15-7-9-19(10-8-15)25-12-11-24-14-18-6-4-3-5-17(18)13-20(24)21-23-22-16(2)26-21/h3-10,20H,11-14H2,1-2H3/t20-/m0/s1. The molecular weight excluding hydrogens is 326 g/mol. The van der Waals surface area contributed by atoms with E-state index < -0.39 is 0 Å². The highest BCUT2D eigenvalue weighted by molar-refractivity contribution is 5.31. The van der Waals surface area contributed by atoms with Gasteiger partial charge in [-0.3, -0.25) is 4.90 Å². The Hall–Kier alpha value is -2.66. The summed E-state index contributed by atoms with van der Waals surface area (Å²) in [4.78, 5) is 2.36. The molecule has 0 bridgehead atoms. The van der Waals surface area contributed by atoms with Crippen molar-refractivity contribution in [3.8, 4) is 5.75 Å². The van der Waals surface area contributed by atoms with E-state index in [0.717, 1.165) is 25.3 Å². The van der Waals surface area contributed by atoms with Crippen LogP contribution in [0.1, 0.15) is 34.5 Å². The van der Waals surface area contributed by atoms with Gasteiger partial charge in [0.15, 0.2) is 0 Å². The molecule has 1 aliphatic heterocycles. The number of rotatable bonds is 5. The molecule has 0 saturated heterocycles. The molecule has 1 atom stereocenters. The predicted molar refractivity (Wildman–Crippen MR) is 99.0 cm³/mol. The summed E-state index contributed by atoms with van der Waals surface area (Å²) in [6.07, 6.45) is 0.877. The lowest BCUT2D eigenvalue weighted by atomic mass is 9.94. The van der Waals surface area contributed by atoms with Crippen molar-refractivity contribution in [1.82, 2.24) is 15.1 Å². The van der Waals surface area contributed by atoms with Crippen LogP contribution < -0.4 is 4.74 Å². The minimum Gasteiger partial charge on any atom is -0.492 e. The molecule has 0 spiro atoms. The van der Waals surface area contributed by atoms with E-state index in [0.29, 0.717) is 18.4 Å². The summed E-state index contributed by atoms with van der Waals surface area (Å²) in [6, 6.07) is 16.8. The molecule has 3 aromatic rings. The zero-order valence-corrected chi connectivity index (χ0v) is 15.2. The van der Waals surface area contributed by atoms with Crippen molar-refractivity contribution in [3.63, 3.8) is 0 Å². The molecule has 0 radical (unpaired) electrons. The molecule has 5 nitrogen and oxygen atoms in total. The molecule has 0 amide bonds. The highest BCUT2D eigenvalue weighted by Gasteiger charge is 2.30. The maximum absolute atomic E-state index is 5.93. The molecule has 2 aromatic carbocycles. The van der Waals surface area contributed by atoms with Crippen LogP contribution in [0.25, 0.3) is 0 Å². The van der Waals surface area contributed by atoms with Gasteiger partial charge >= 0.3 is 0 Å². The number of fused-ring (bicyclic) bond motifs is 1. The fourth-order valence-electron chi connectivity index (χ4n) is 3.42.